The molecule has 0 aromatic carbocycles. The first-order chi connectivity index (χ1) is 16.5. The molecule has 7 nitrogen and oxygen atoms in total. The van der Waals surface area contributed by atoms with Gasteiger partial charge >= 0.3 is 10.4 Å². The molecule has 0 aliphatic carbocycles. The van der Waals surface area contributed by atoms with E-state index in [0.717, 1.165) is 26.1 Å². The second kappa shape index (κ2) is 23.8. The third kappa shape index (κ3) is 20.4. The molecule has 0 aromatic heterocycles. The SMILES string of the molecule is CCCCCCCC/C=C/CCCCCCCC1=NCCN1CCO.CCOS(=O)(=O)OCC. The second-order valence-corrected chi connectivity index (χ2v) is 9.85. The molecule has 34 heavy (non-hydrogen) atoms. The highest BCUT2D eigenvalue weighted by Gasteiger charge is 2.15. The van der Waals surface area contributed by atoms with Crippen molar-refractivity contribution in [3.05, 3.63) is 12.2 Å². The van der Waals surface area contributed by atoms with E-state index < -0.39 is 10.4 Å². The lowest BCUT2D eigenvalue weighted by Gasteiger charge is -2.18. The molecule has 0 radical (unpaired) electrons. The summed E-state index contributed by atoms with van der Waals surface area (Å²) >= 11 is 0. The van der Waals surface area contributed by atoms with Gasteiger partial charge in [0.2, 0.25) is 0 Å². The summed E-state index contributed by atoms with van der Waals surface area (Å²) in [6.07, 6.45) is 23.4. The molecule has 0 fully saturated rings. The van der Waals surface area contributed by atoms with Gasteiger partial charge in [-0.3, -0.25) is 4.99 Å². The van der Waals surface area contributed by atoms with Crippen molar-refractivity contribution in [2.24, 2.45) is 4.99 Å². The number of allylic oxidation sites excluding steroid dienone is 2. The lowest BCUT2D eigenvalue weighted by molar-refractivity contribution is 0.231. The Bertz CT molecular complexity index is 596. The molecule has 1 aliphatic heterocycles. The summed E-state index contributed by atoms with van der Waals surface area (Å²) in [5, 5.41) is 9.05. The number of aliphatic imine (C=N–C) groups is 1. The zero-order valence-electron chi connectivity index (χ0n) is 22.2. The molecule has 0 bridgehead atoms. The van der Waals surface area contributed by atoms with Crippen molar-refractivity contribution in [1.29, 1.82) is 0 Å². The van der Waals surface area contributed by atoms with Crippen LogP contribution in [-0.2, 0) is 18.8 Å². The molecule has 1 aliphatic rings. The van der Waals surface area contributed by atoms with Crippen LogP contribution in [0.1, 0.15) is 111 Å². The molecule has 1 heterocycles. The molecule has 1 N–H and O–H groups in total. The average Bonchev–Trinajstić information content (AvgIpc) is 3.24. The minimum Gasteiger partial charge on any atom is -0.395 e. The maximum absolute atomic E-state index is 10.4. The molecule has 8 heteroatoms. The molecular formula is C26H52N2O5S. The number of hydrogen-bond acceptors (Lipinski definition) is 7. The van der Waals surface area contributed by atoms with Crippen molar-refractivity contribution in [1.82, 2.24) is 4.90 Å². The summed E-state index contributed by atoms with van der Waals surface area (Å²) < 4.78 is 29.2. The largest absolute Gasteiger partial charge is 0.399 e. The predicted octanol–water partition coefficient (Wildman–Crippen LogP) is 6.03. The van der Waals surface area contributed by atoms with Crippen molar-refractivity contribution in [2.75, 3.05) is 39.5 Å². The number of rotatable bonds is 21. The number of nitrogens with zero attached hydrogens (tertiary/aromatic N) is 2. The number of unbranched alkanes of at least 4 members (excludes halogenated alkanes) is 11. The third-order valence-electron chi connectivity index (χ3n) is 5.59. The van der Waals surface area contributed by atoms with Crippen LogP contribution in [-0.4, -0.2) is 63.7 Å². The lowest BCUT2D eigenvalue weighted by Crippen LogP contribution is -2.30. The number of hydrogen-bond donors (Lipinski definition) is 1. The smallest absolute Gasteiger partial charge is 0.395 e. The summed E-state index contributed by atoms with van der Waals surface area (Å²) in [5.74, 6) is 1.23. The fourth-order valence-corrected chi connectivity index (χ4v) is 4.45. The topological polar surface area (TPSA) is 88.4 Å². The maximum atomic E-state index is 10.4. The highest BCUT2D eigenvalue weighted by Crippen LogP contribution is 2.12. The van der Waals surface area contributed by atoms with E-state index in [-0.39, 0.29) is 19.8 Å². The Balaban J connectivity index is 0.00000102. The Kier molecular flexibility index (Phi) is 23.1. The summed E-state index contributed by atoms with van der Waals surface area (Å²) in [7, 11) is -3.68. The Labute approximate surface area is 210 Å². The molecular weight excluding hydrogens is 452 g/mol. The molecule has 0 unspecified atom stereocenters. The highest BCUT2D eigenvalue weighted by atomic mass is 32.3. The van der Waals surface area contributed by atoms with Crippen molar-refractivity contribution in [2.45, 2.75) is 111 Å². The van der Waals surface area contributed by atoms with Gasteiger partial charge in [0, 0.05) is 19.5 Å². The van der Waals surface area contributed by atoms with Gasteiger partial charge in [-0.25, -0.2) is 8.37 Å². The van der Waals surface area contributed by atoms with E-state index in [2.05, 4.69) is 37.3 Å². The van der Waals surface area contributed by atoms with Crippen molar-refractivity contribution < 1.29 is 21.9 Å². The van der Waals surface area contributed by atoms with Crippen LogP contribution in [0.5, 0.6) is 0 Å². The van der Waals surface area contributed by atoms with Gasteiger partial charge in [-0.2, -0.15) is 8.42 Å². The highest BCUT2D eigenvalue weighted by molar-refractivity contribution is 7.81. The van der Waals surface area contributed by atoms with Crippen LogP contribution in [0.15, 0.2) is 17.1 Å². The Morgan fingerprint density at radius 3 is 1.91 bits per heavy atom. The predicted molar refractivity (Wildman–Crippen MR) is 143 cm³/mol. The van der Waals surface area contributed by atoms with E-state index in [1.54, 1.807) is 13.8 Å². The standard InChI is InChI=1S/C22H42N2O.C4H10O4S/c1-2-3-4-5-6-7-8-9-10-11-12-13-14-15-16-17-22-23-18-19-24(22)20-21-25;1-3-7-9(5,6)8-4-2/h9-10,25H,2-8,11-21H2,1H3;3-4H2,1-2H3/b10-9+;. The summed E-state index contributed by atoms with van der Waals surface area (Å²) in [4.78, 5) is 6.81. The van der Waals surface area contributed by atoms with Crippen LogP contribution in [0.25, 0.3) is 0 Å². The Hall–Kier alpha value is -0.960. The fourth-order valence-electron chi connectivity index (χ4n) is 3.80. The van der Waals surface area contributed by atoms with Crippen molar-refractivity contribution >= 4 is 16.2 Å². The normalized spacial score (nSPS) is 13.9. The fraction of sp³-hybridized carbons (Fsp3) is 0.885. The van der Waals surface area contributed by atoms with Crippen LogP contribution in [0, 0.1) is 0 Å². The quantitative estimate of drug-likeness (QED) is 0.152. The van der Waals surface area contributed by atoms with Crippen LogP contribution < -0.4 is 0 Å². The first-order valence-electron chi connectivity index (χ1n) is 13.6. The molecule has 0 atom stereocenters. The number of aliphatic hydroxyl groups excluding tert-OH is 1. The van der Waals surface area contributed by atoms with Crippen molar-refractivity contribution in [3.63, 3.8) is 0 Å². The Morgan fingerprint density at radius 1 is 0.853 bits per heavy atom. The van der Waals surface area contributed by atoms with E-state index in [1.807, 2.05) is 0 Å². The van der Waals surface area contributed by atoms with Gasteiger partial charge in [-0.15, -0.1) is 0 Å². The van der Waals surface area contributed by atoms with E-state index in [1.165, 1.54) is 89.3 Å². The van der Waals surface area contributed by atoms with E-state index >= 15 is 0 Å². The van der Waals surface area contributed by atoms with Gasteiger partial charge in [0.05, 0.1) is 32.2 Å². The lowest BCUT2D eigenvalue weighted by atomic mass is 10.1. The minimum atomic E-state index is -3.68. The zero-order valence-corrected chi connectivity index (χ0v) is 23.0. The van der Waals surface area contributed by atoms with Gasteiger partial charge in [-0.05, 0) is 46.0 Å². The van der Waals surface area contributed by atoms with Gasteiger partial charge in [0.25, 0.3) is 0 Å². The van der Waals surface area contributed by atoms with E-state index in [0.29, 0.717) is 0 Å². The van der Waals surface area contributed by atoms with Gasteiger partial charge < -0.3 is 10.0 Å². The number of β-amino-alcohol motifs (C(OH)–C–C–N with tert-alkyl or cyclic N) is 1. The van der Waals surface area contributed by atoms with Crippen molar-refractivity contribution in [3.8, 4) is 0 Å². The molecule has 0 aromatic rings. The van der Waals surface area contributed by atoms with Crippen LogP contribution >= 0.6 is 0 Å². The number of aliphatic hydroxyl groups is 1. The van der Waals surface area contributed by atoms with Gasteiger partial charge in [0.1, 0.15) is 0 Å². The molecule has 0 amide bonds. The monoisotopic (exact) mass is 504 g/mol. The molecule has 0 saturated carbocycles. The minimum absolute atomic E-state index is 0.113. The zero-order chi connectivity index (χ0) is 25.3. The first kappa shape index (κ1) is 33.0. The van der Waals surface area contributed by atoms with Crippen LogP contribution in [0.2, 0.25) is 0 Å². The second-order valence-electron chi connectivity index (χ2n) is 8.56. The summed E-state index contributed by atoms with van der Waals surface area (Å²) in [5.41, 5.74) is 0. The maximum Gasteiger partial charge on any atom is 0.399 e. The van der Waals surface area contributed by atoms with Crippen LogP contribution in [0.3, 0.4) is 0 Å². The van der Waals surface area contributed by atoms with Gasteiger partial charge in [0.15, 0.2) is 0 Å². The summed E-state index contributed by atoms with van der Waals surface area (Å²) in [6, 6.07) is 0. The number of amidine groups is 1. The Morgan fingerprint density at radius 2 is 1.38 bits per heavy atom. The van der Waals surface area contributed by atoms with E-state index in [4.69, 9.17) is 5.11 Å². The molecule has 202 valence electrons. The third-order valence-corrected chi connectivity index (χ3v) is 6.63. The first-order valence-corrected chi connectivity index (χ1v) is 14.9. The summed E-state index contributed by atoms with van der Waals surface area (Å²) in [6.45, 7) is 8.58. The molecule has 0 saturated heterocycles. The average molecular weight is 505 g/mol. The van der Waals surface area contributed by atoms with E-state index in [9.17, 15) is 8.42 Å². The van der Waals surface area contributed by atoms with Crippen LogP contribution in [0.4, 0.5) is 0 Å². The molecule has 1 rings (SSSR count). The van der Waals surface area contributed by atoms with Gasteiger partial charge in [-0.1, -0.05) is 70.4 Å². The molecule has 0 spiro atoms.